The Hall–Kier alpha value is -2.53. The lowest BCUT2D eigenvalue weighted by Crippen LogP contribution is -2.49. The number of nitrogens with two attached hydrogens (primary N) is 1. The second kappa shape index (κ2) is 7.57. The number of nitrogens with one attached hydrogen (secondary N) is 1. The number of hydrogen-bond donors (Lipinski definition) is 2. The average Bonchev–Trinajstić information content (AvgIpc) is 2.94. The van der Waals surface area contributed by atoms with Gasteiger partial charge in [-0.25, -0.2) is 4.68 Å². The first kappa shape index (κ1) is 18.8. The highest BCUT2D eigenvalue weighted by Gasteiger charge is 2.30. The first-order chi connectivity index (χ1) is 11.8. The van der Waals surface area contributed by atoms with Crippen LogP contribution in [0, 0.1) is 24.2 Å². The Labute approximate surface area is 151 Å². The fraction of sp³-hybridized carbons (Fsp3) is 0.412. The topological polar surface area (TPSA) is 110 Å². The average molecular weight is 358 g/mol. The van der Waals surface area contributed by atoms with Crippen LogP contribution in [0.3, 0.4) is 0 Å². The standard InChI is InChI=1S/C17H22N6OS/c1-11(2)17(4,10-18)20-14(24)9-25-16-22-21-15(23(16)19)13-8-6-5-7-12(13)3/h5-8,11H,9,19H2,1-4H3,(H,20,24)/t17-/m0/s1. The van der Waals surface area contributed by atoms with Gasteiger partial charge in [-0.05, 0) is 25.3 Å². The molecule has 2 rings (SSSR count). The maximum Gasteiger partial charge on any atom is 0.231 e. The number of benzene rings is 1. The van der Waals surface area contributed by atoms with Gasteiger partial charge in [0.2, 0.25) is 11.1 Å². The summed E-state index contributed by atoms with van der Waals surface area (Å²) in [6.45, 7) is 7.46. The largest absolute Gasteiger partial charge is 0.337 e. The molecule has 0 aliphatic rings. The van der Waals surface area contributed by atoms with E-state index in [9.17, 15) is 10.1 Å². The van der Waals surface area contributed by atoms with Crippen LogP contribution in [0.5, 0.6) is 0 Å². The van der Waals surface area contributed by atoms with Gasteiger partial charge in [-0.1, -0.05) is 49.9 Å². The normalized spacial score (nSPS) is 13.3. The first-order valence-electron chi connectivity index (χ1n) is 7.90. The van der Waals surface area contributed by atoms with Gasteiger partial charge >= 0.3 is 0 Å². The number of amides is 1. The lowest BCUT2D eigenvalue weighted by molar-refractivity contribution is -0.120. The third kappa shape index (κ3) is 4.12. The van der Waals surface area contributed by atoms with Gasteiger partial charge in [0.1, 0.15) is 5.54 Å². The first-order valence-corrected chi connectivity index (χ1v) is 8.88. The third-order valence-corrected chi connectivity index (χ3v) is 5.11. The van der Waals surface area contributed by atoms with Crippen LogP contribution in [-0.4, -0.2) is 32.1 Å². The molecule has 7 nitrogen and oxygen atoms in total. The van der Waals surface area contributed by atoms with Crippen LogP contribution < -0.4 is 11.2 Å². The smallest absolute Gasteiger partial charge is 0.231 e. The second-order valence-corrected chi connectivity index (χ2v) is 7.24. The van der Waals surface area contributed by atoms with Crippen molar-refractivity contribution in [3.63, 3.8) is 0 Å². The van der Waals surface area contributed by atoms with Crippen LogP contribution in [0.25, 0.3) is 11.4 Å². The van der Waals surface area contributed by atoms with E-state index in [0.29, 0.717) is 11.0 Å². The maximum atomic E-state index is 12.2. The van der Waals surface area contributed by atoms with Gasteiger partial charge in [0, 0.05) is 5.56 Å². The summed E-state index contributed by atoms with van der Waals surface area (Å²) in [4.78, 5) is 12.2. The molecule has 0 saturated carbocycles. The molecular formula is C17H22N6OS. The molecule has 0 saturated heterocycles. The van der Waals surface area contributed by atoms with E-state index in [4.69, 9.17) is 5.84 Å². The zero-order chi connectivity index (χ0) is 18.6. The summed E-state index contributed by atoms with van der Waals surface area (Å²) >= 11 is 1.18. The fourth-order valence-electron chi connectivity index (χ4n) is 2.14. The van der Waals surface area contributed by atoms with Crippen LogP contribution in [-0.2, 0) is 4.79 Å². The van der Waals surface area contributed by atoms with Gasteiger partial charge in [0.05, 0.1) is 11.8 Å². The summed E-state index contributed by atoms with van der Waals surface area (Å²) < 4.78 is 1.38. The van der Waals surface area contributed by atoms with Crippen LogP contribution in [0.1, 0.15) is 26.3 Å². The highest BCUT2D eigenvalue weighted by Crippen LogP contribution is 2.24. The predicted octanol–water partition coefficient (Wildman–Crippen LogP) is 2.11. The van der Waals surface area contributed by atoms with Crippen molar-refractivity contribution < 1.29 is 4.79 Å². The van der Waals surface area contributed by atoms with Crippen LogP contribution in [0.15, 0.2) is 29.4 Å². The van der Waals surface area contributed by atoms with Gasteiger partial charge in [-0.2, -0.15) is 5.26 Å². The molecule has 1 aromatic carbocycles. The van der Waals surface area contributed by atoms with Crippen molar-refractivity contribution in [3.8, 4) is 17.5 Å². The number of rotatable bonds is 6. The molecule has 1 amide bonds. The number of carbonyl (C=O) groups excluding carboxylic acids is 1. The monoisotopic (exact) mass is 358 g/mol. The molecule has 1 aromatic heterocycles. The number of aryl methyl sites for hydroxylation is 1. The number of hydrogen-bond acceptors (Lipinski definition) is 6. The van der Waals surface area contributed by atoms with Gasteiger partial charge in [-0.3, -0.25) is 4.79 Å². The molecular weight excluding hydrogens is 336 g/mol. The summed E-state index contributed by atoms with van der Waals surface area (Å²) in [5, 5.41) is 20.7. The SMILES string of the molecule is Cc1ccccc1-c1nnc(SCC(=O)N[C@@](C)(C#N)C(C)C)n1N. The molecule has 0 fully saturated rings. The van der Waals surface area contributed by atoms with Crippen molar-refractivity contribution >= 4 is 17.7 Å². The number of nitriles is 1. The van der Waals surface area contributed by atoms with Crippen molar-refractivity contribution in [2.24, 2.45) is 5.92 Å². The minimum absolute atomic E-state index is 0.00253. The zero-order valence-electron chi connectivity index (χ0n) is 14.8. The fourth-order valence-corrected chi connectivity index (χ4v) is 2.80. The Balaban J connectivity index is 2.07. The molecule has 2 aromatic rings. The number of nitrogens with zero attached hydrogens (tertiary/aromatic N) is 4. The molecule has 8 heteroatoms. The Bertz CT molecular complexity index is 810. The minimum atomic E-state index is -0.902. The van der Waals surface area contributed by atoms with E-state index in [1.165, 1.54) is 16.4 Å². The van der Waals surface area contributed by atoms with E-state index in [-0.39, 0.29) is 17.6 Å². The highest BCUT2D eigenvalue weighted by molar-refractivity contribution is 7.99. The summed E-state index contributed by atoms with van der Waals surface area (Å²) in [5.41, 5.74) is 1.03. The van der Waals surface area contributed by atoms with Crippen molar-refractivity contribution in [2.45, 2.75) is 38.4 Å². The summed E-state index contributed by atoms with van der Waals surface area (Å²) in [7, 11) is 0. The number of aromatic nitrogens is 3. The molecule has 0 unspecified atom stereocenters. The number of thioether (sulfide) groups is 1. The molecule has 0 aliphatic carbocycles. The van der Waals surface area contributed by atoms with E-state index in [1.807, 2.05) is 45.0 Å². The molecule has 0 radical (unpaired) electrons. The van der Waals surface area contributed by atoms with E-state index in [0.717, 1.165) is 11.1 Å². The van der Waals surface area contributed by atoms with E-state index >= 15 is 0 Å². The molecule has 1 heterocycles. The predicted molar refractivity (Wildman–Crippen MR) is 98.1 cm³/mol. The second-order valence-electron chi connectivity index (χ2n) is 6.30. The van der Waals surface area contributed by atoms with Gasteiger partial charge in [-0.15, -0.1) is 10.2 Å². The van der Waals surface area contributed by atoms with E-state index < -0.39 is 5.54 Å². The van der Waals surface area contributed by atoms with E-state index in [1.54, 1.807) is 6.92 Å². The number of nitrogen functional groups attached to an aromatic ring is 1. The molecule has 0 spiro atoms. The third-order valence-electron chi connectivity index (χ3n) is 4.17. The Morgan fingerprint density at radius 3 is 2.72 bits per heavy atom. The minimum Gasteiger partial charge on any atom is -0.337 e. The molecule has 1 atom stereocenters. The van der Waals surface area contributed by atoms with Crippen LogP contribution in [0.4, 0.5) is 0 Å². The molecule has 25 heavy (non-hydrogen) atoms. The van der Waals surface area contributed by atoms with Gasteiger partial charge in [0.15, 0.2) is 5.82 Å². The molecule has 0 aliphatic heterocycles. The quantitative estimate of drug-likeness (QED) is 0.604. The Morgan fingerprint density at radius 2 is 2.12 bits per heavy atom. The van der Waals surface area contributed by atoms with Crippen molar-refractivity contribution in [2.75, 3.05) is 11.6 Å². The van der Waals surface area contributed by atoms with E-state index in [2.05, 4.69) is 21.6 Å². The van der Waals surface area contributed by atoms with Gasteiger partial charge in [0.25, 0.3) is 0 Å². The Morgan fingerprint density at radius 1 is 1.44 bits per heavy atom. The lowest BCUT2D eigenvalue weighted by atomic mass is 9.90. The number of carbonyl (C=O) groups is 1. The molecule has 0 bridgehead atoms. The van der Waals surface area contributed by atoms with Gasteiger partial charge < -0.3 is 11.2 Å². The summed E-state index contributed by atoms with van der Waals surface area (Å²) in [5.74, 6) is 6.48. The van der Waals surface area contributed by atoms with Crippen LogP contribution in [0.2, 0.25) is 0 Å². The Kier molecular flexibility index (Phi) is 5.69. The van der Waals surface area contributed by atoms with Crippen molar-refractivity contribution in [1.29, 1.82) is 5.26 Å². The van der Waals surface area contributed by atoms with Crippen molar-refractivity contribution in [1.82, 2.24) is 20.2 Å². The summed E-state index contributed by atoms with van der Waals surface area (Å²) in [6.07, 6.45) is 0. The van der Waals surface area contributed by atoms with Crippen LogP contribution >= 0.6 is 11.8 Å². The molecule has 3 N–H and O–H groups in total. The van der Waals surface area contributed by atoms with Crippen molar-refractivity contribution in [3.05, 3.63) is 29.8 Å². The molecule has 132 valence electrons. The highest BCUT2D eigenvalue weighted by atomic mass is 32.2. The summed E-state index contributed by atoms with van der Waals surface area (Å²) in [6, 6.07) is 9.89. The zero-order valence-corrected chi connectivity index (χ0v) is 15.6. The maximum absolute atomic E-state index is 12.2. The lowest BCUT2D eigenvalue weighted by Gasteiger charge is -2.27.